The summed E-state index contributed by atoms with van der Waals surface area (Å²) >= 11 is 0. The number of nitro groups is 1. The predicted molar refractivity (Wildman–Crippen MR) is 74.8 cm³/mol. The number of hydrazone groups is 1. The standard InChI is InChI=1S/C14H13N3O2/c1-11-7-9-12(10-8-11)14(17(18)19)16-15-13-5-3-2-4-6-13/h2-10,15H,1H3. The summed E-state index contributed by atoms with van der Waals surface area (Å²) in [7, 11) is 0. The fraction of sp³-hybridized carbons (Fsp3) is 0.0714. The minimum Gasteiger partial charge on any atom is -0.358 e. The van der Waals surface area contributed by atoms with E-state index in [-0.39, 0.29) is 5.84 Å². The molecule has 0 amide bonds. The first-order valence-corrected chi connectivity index (χ1v) is 5.77. The minimum absolute atomic E-state index is 0.205. The van der Waals surface area contributed by atoms with E-state index in [1.54, 1.807) is 24.3 Å². The molecule has 0 heterocycles. The number of benzene rings is 2. The first kappa shape index (κ1) is 12.8. The fourth-order valence-electron chi connectivity index (χ4n) is 1.54. The normalized spacial score (nSPS) is 11.1. The Morgan fingerprint density at radius 1 is 1.11 bits per heavy atom. The maximum absolute atomic E-state index is 11.0. The lowest BCUT2D eigenvalue weighted by Gasteiger charge is -2.00. The molecule has 0 spiro atoms. The number of hydrogen-bond donors (Lipinski definition) is 1. The number of para-hydroxylation sites is 1. The molecule has 0 aromatic heterocycles. The Balaban J connectivity index is 2.25. The van der Waals surface area contributed by atoms with Gasteiger partial charge in [0.2, 0.25) is 0 Å². The van der Waals surface area contributed by atoms with Crippen LogP contribution in [0.25, 0.3) is 0 Å². The number of amidine groups is 1. The summed E-state index contributed by atoms with van der Waals surface area (Å²) in [5, 5.41) is 14.9. The van der Waals surface area contributed by atoms with E-state index in [1.807, 2.05) is 37.3 Å². The fourth-order valence-corrected chi connectivity index (χ4v) is 1.54. The molecule has 0 saturated heterocycles. The SMILES string of the molecule is Cc1ccc(C(=NNc2ccccc2)[N+](=O)[O-])cc1. The maximum Gasteiger partial charge on any atom is 0.395 e. The largest absolute Gasteiger partial charge is 0.395 e. The van der Waals surface area contributed by atoms with E-state index in [9.17, 15) is 10.1 Å². The molecule has 1 N–H and O–H groups in total. The van der Waals surface area contributed by atoms with Crippen LogP contribution in [0.1, 0.15) is 11.1 Å². The molecule has 0 aliphatic heterocycles. The summed E-state index contributed by atoms with van der Waals surface area (Å²) in [5.41, 5.74) is 4.90. The average Bonchev–Trinajstić information content (AvgIpc) is 2.42. The number of aryl methyl sites for hydroxylation is 1. The van der Waals surface area contributed by atoms with E-state index in [1.165, 1.54) is 0 Å². The molecule has 19 heavy (non-hydrogen) atoms. The van der Waals surface area contributed by atoms with Crippen molar-refractivity contribution in [1.82, 2.24) is 0 Å². The van der Waals surface area contributed by atoms with Gasteiger partial charge in [0.15, 0.2) is 0 Å². The monoisotopic (exact) mass is 255 g/mol. The van der Waals surface area contributed by atoms with Crippen LogP contribution >= 0.6 is 0 Å². The highest BCUT2D eigenvalue weighted by molar-refractivity contribution is 5.92. The van der Waals surface area contributed by atoms with Crippen molar-refractivity contribution in [2.24, 2.45) is 5.10 Å². The van der Waals surface area contributed by atoms with Crippen LogP contribution in [0.2, 0.25) is 0 Å². The number of nitrogens with one attached hydrogen (secondary N) is 1. The molecule has 2 aromatic rings. The van der Waals surface area contributed by atoms with Crippen LogP contribution in [-0.4, -0.2) is 10.8 Å². The lowest BCUT2D eigenvalue weighted by molar-refractivity contribution is -0.349. The van der Waals surface area contributed by atoms with Crippen molar-refractivity contribution in [2.75, 3.05) is 5.43 Å². The summed E-state index contributed by atoms with van der Waals surface area (Å²) in [6.45, 7) is 1.93. The number of nitrogens with zero attached hydrogens (tertiary/aromatic N) is 2. The van der Waals surface area contributed by atoms with Gasteiger partial charge in [0.05, 0.1) is 16.4 Å². The molecule has 0 aliphatic rings. The second kappa shape index (κ2) is 5.77. The zero-order chi connectivity index (χ0) is 13.7. The zero-order valence-electron chi connectivity index (χ0n) is 10.4. The van der Waals surface area contributed by atoms with Gasteiger partial charge in [-0.05, 0) is 36.1 Å². The van der Waals surface area contributed by atoms with E-state index >= 15 is 0 Å². The van der Waals surface area contributed by atoms with Crippen molar-refractivity contribution in [1.29, 1.82) is 0 Å². The Morgan fingerprint density at radius 2 is 1.74 bits per heavy atom. The van der Waals surface area contributed by atoms with Crippen molar-refractivity contribution in [2.45, 2.75) is 6.92 Å². The van der Waals surface area contributed by atoms with Crippen LogP contribution in [0.5, 0.6) is 0 Å². The summed E-state index contributed by atoms with van der Waals surface area (Å²) < 4.78 is 0. The van der Waals surface area contributed by atoms with Gasteiger partial charge < -0.3 is 10.1 Å². The lowest BCUT2D eigenvalue weighted by Crippen LogP contribution is -2.15. The quantitative estimate of drug-likeness (QED) is 0.396. The first-order valence-electron chi connectivity index (χ1n) is 5.77. The van der Waals surface area contributed by atoms with E-state index < -0.39 is 4.92 Å². The highest BCUT2D eigenvalue weighted by atomic mass is 16.6. The van der Waals surface area contributed by atoms with E-state index in [0.29, 0.717) is 11.3 Å². The first-order chi connectivity index (χ1) is 9.16. The molecule has 0 radical (unpaired) electrons. The van der Waals surface area contributed by atoms with Gasteiger partial charge in [-0.15, -0.1) is 0 Å². The van der Waals surface area contributed by atoms with Gasteiger partial charge in [0.1, 0.15) is 0 Å². The van der Waals surface area contributed by atoms with E-state index in [2.05, 4.69) is 10.5 Å². The Morgan fingerprint density at radius 3 is 2.32 bits per heavy atom. The predicted octanol–water partition coefficient (Wildman–Crippen LogP) is 3.05. The average molecular weight is 255 g/mol. The smallest absolute Gasteiger partial charge is 0.358 e. The summed E-state index contributed by atoms with van der Waals surface area (Å²) in [6.07, 6.45) is 0. The number of rotatable bonds is 3. The van der Waals surface area contributed by atoms with Crippen LogP contribution < -0.4 is 5.43 Å². The van der Waals surface area contributed by atoms with Gasteiger partial charge in [-0.2, -0.15) is 5.43 Å². The van der Waals surface area contributed by atoms with Crippen molar-refractivity contribution < 1.29 is 4.92 Å². The molecule has 5 nitrogen and oxygen atoms in total. The third-order valence-corrected chi connectivity index (χ3v) is 2.55. The van der Waals surface area contributed by atoms with Crippen LogP contribution in [0.3, 0.4) is 0 Å². The van der Waals surface area contributed by atoms with Crippen LogP contribution in [0.4, 0.5) is 5.69 Å². The van der Waals surface area contributed by atoms with Gasteiger partial charge >= 0.3 is 5.84 Å². The molecule has 0 bridgehead atoms. The van der Waals surface area contributed by atoms with Crippen LogP contribution in [-0.2, 0) is 0 Å². The Kier molecular flexibility index (Phi) is 3.87. The van der Waals surface area contributed by atoms with Crippen molar-refractivity contribution >= 4 is 11.5 Å². The molecule has 2 rings (SSSR count). The maximum atomic E-state index is 11.0. The van der Waals surface area contributed by atoms with Crippen molar-refractivity contribution in [3.05, 3.63) is 75.8 Å². The molecule has 96 valence electrons. The zero-order valence-corrected chi connectivity index (χ0v) is 10.4. The molecule has 0 saturated carbocycles. The Labute approximate surface area is 110 Å². The molecule has 5 heteroatoms. The summed E-state index contributed by atoms with van der Waals surface area (Å²) in [5.74, 6) is -0.205. The van der Waals surface area contributed by atoms with E-state index in [0.717, 1.165) is 5.56 Å². The third kappa shape index (κ3) is 3.38. The Hall–Kier alpha value is -2.69. The third-order valence-electron chi connectivity index (χ3n) is 2.55. The van der Waals surface area contributed by atoms with Gasteiger partial charge in [-0.25, -0.2) is 0 Å². The van der Waals surface area contributed by atoms with E-state index in [4.69, 9.17) is 0 Å². The van der Waals surface area contributed by atoms with Crippen molar-refractivity contribution in [3.8, 4) is 0 Å². The summed E-state index contributed by atoms with van der Waals surface area (Å²) in [4.78, 5) is 10.5. The highest BCUT2D eigenvalue weighted by Crippen LogP contribution is 2.08. The van der Waals surface area contributed by atoms with Gasteiger partial charge in [0.25, 0.3) is 0 Å². The van der Waals surface area contributed by atoms with Gasteiger partial charge in [0, 0.05) is 0 Å². The molecular weight excluding hydrogens is 242 g/mol. The topological polar surface area (TPSA) is 67.5 Å². The minimum atomic E-state index is -0.499. The van der Waals surface area contributed by atoms with Crippen LogP contribution in [0.15, 0.2) is 59.7 Å². The van der Waals surface area contributed by atoms with Crippen molar-refractivity contribution in [3.63, 3.8) is 0 Å². The van der Waals surface area contributed by atoms with Gasteiger partial charge in [-0.1, -0.05) is 35.9 Å². The molecule has 0 aliphatic carbocycles. The lowest BCUT2D eigenvalue weighted by atomic mass is 10.1. The van der Waals surface area contributed by atoms with Gasteiger partial charge in [-0.3, -0.25) is 0 Å². The van der Waals surface area contributed by atoms with Crippen LogP contribution in [0, 0.1) is 17.0 Å². The molecule has 0 atom stereocenters. The second-order valence-corrected chi connectivity index (χ2v) is 4.04. The molecule has 0 unspecified atom stereocenters. The number of anilines is 1. The Bertz CT molecular complexity index is 592. The molecule has 2 aromatic carbocycles. The summed E-state index contributed by atoms with van der Waals surface area (Å²) in [6, 6.07) is 16.1. The molecule has 0 fully saturated rings. The molecular formula is C14H13N3O2. The second-order valence-electron chi connectivity index (χ2n) is 4.04. The number of hydrogen-bond acceptors (Lipinski definition) is 4. The highest BCUT2D eigenvalue weighted by Gasteiger charge is 2.15.